The Hall–Kier alpha value is -2.68. The molecule has 0 aliphatic carbocycles. The van der Waals surface area contributed by atoms with Gasteiger partial charge >= 0.3 is 11.9 Å². The van der Waals surface area contributed by atoms with E-state index in [-0.39, 0.29) is 35.1 Å². The number of nitrogens with zero attached hydrogens (tertiary/aromatic N) is 3. The van der Waals surface area contributed by atoms with Crippen molar-refractivity contribution in [2.75, 3.05) is 11.6 Å². The van der Waals surface area contributed by atoms with Gasteiger partial charge in [-0.15, -0.1) is 0 Å². The van der Waals surface area contributed by atoms with Crippen molar-refractivity contribution in [2.45, 2.75) is 25.8 Å². The maximum atomic E-state index is 11.9. The van der Waals surface area contributed by atoms with Gasteiger partial charge in [-0.05, 0) is 26.0 Å². The van der Waals surface area contributed by atoms with Crippen LogP contribution in [0.4, 0.5) is 11.4 Å². The van der Waals surface area contributed by atoms with Crippen LogP contribution in [-0.2, 0) is 14.3 Å². The Kier molecular flexibility index (Phi) is 4.74. The van der Waals surface area contributed by atoms with E-state index in [4.69, 9.17) is 16.3 Å². The minimum absolute atomic E-state index is 0.0700. The fraction of sp³-hybridized carbons (Fsp3) is 0.357. The maximum absolute atomic E-state index is 11.9. The first kappa shape index (κ1) is 17.7. The summed E-state index contributed by atoms with van der Waals surface area (Å²) >= 11 is 5.77. The second-order valence-corrected chi connectivity index (χ2v) is 5.63. The molecule has 0 fully saturated rings. The van der Waals surface area contributed by atoms with Crippen molar-refractivity contribution in [1.82, 2.24) is 0 Å². The molecule has 24 heavy (non-hydrogen) atoms. The van der Waals surface area contributed by atoms with Crippen molar-refractivity contribution in [3.05, 3.63) is 33.3 Å². The summed E-state index contributed by atoms with van der Waals surface area (Å²) in [5.74, 6) is -1.96. The molecule has 1 atom stereocenters. The van der Waals surface area contributed by atoms with E-state index in [2.05, 4.69) is 5.10 Å². The highest BCUT2D eigenvalue weighted by Gasteiger charge is 2.48. The van der Waals surface area contributed by atoms with Crippen LogP contribution in [0.15, 0.2) is 23.3 Å². The average molecular weight is 356 g/mol. The minimum atomic E-state index is -1.58. The van der Waals surface area contributed by atoms with Crippen LogP contribution >= 0.6 is 11.6 Å². The molecule has 0 saturated carbocycles. The number of rotatable bonds is 5. The molecule has 0 bridgehead atoms. The van der Waals surface area contributed by atoms with Gasteiger partial charge in [-0.1, -0.05) is 11.6 Å². The van der Waals surface area contributed by atoms with E-state index < -0.39 is 22.4 Å². The molecule has 2 rings (SSSR count). The Morgan fingerprint density at radius 3 is 2.75 bits per heavy atom. The summed E-state index contributed by atoms with van der Waals surface area (Å²) in [7, 11) is 0. The molecule has 0 saturated heterocycles. The fourth-order valence-electron chi connectivity index (χ4n) is 2.28. The lowest BCUT2D eigenvalue weighted by Crippen LogP contribution is -2.47. The quantitative estimate of drug-likeness (QED) is 0.488. The number of aliphatic carboxylic acids is 1. The van der Waals surface area contributed by atoms with Gasteiger partial charge in [-0.2, -0.15) is 5.10 Å². The lowest BCUT2D eigenvalue weighted by molar-refractivity contribution is -0.384. The topological polar surface area (TPSA) is 122 Å². The summed E-state index contributed by atoms with van der Waals surface area (Å²) in [6.07, 6.45) is -0.197. The number of nitro benzene ring substituents is 1. The minimum Gasteiger partial charge on any atom is -0.479 e. The van der Waals surface area contributed by atoms with Crippen molar-refractivity contribution in [2.24, 2.45) is 5.10 Å². The molecule has 0 amide bonds. The van der Waals surface area contributed by atoms with Crippen molar-refractivity contribution < 1.29 is 24.4 Å². The summed E-state index contributed by atoms with van der Waals surface area (Å²) < 4.78 is 4.85. The first-order chi connectivity index (χ1) is 11.2. The Labute approximate surface area is 141 Å². The van der Waals surface area contributed by atoms with Gasteiger partial charge in [0.05, 0.1) is 17.2 Å². The molecule has 1 aliphatic rings. The van der Waals surface area contributed by atoms with Gasteiger partial charge in [0.2, 0.25) is 0 Å². The first-order valence-electron chi connectivity index (χ1n) is 6.93. The lowest BCUT2D eigenvalue weighted by Gasteiger charge is -2.29. The number of hydrogen-bond acceptors (Lipinski definition) is 7. The van der Waals surface area contributed by atoms with E-state index in [1.165, 1.54) is 19.1 Å². The summed E-state index contributed by atoms with van der Waals surface area (Å²) in [4.78, 5) is 33.9. The predicted molar refractivity (Wildman–Crippen MR) is 85.3 cm³/mol. The van der Waals surface area contributed by atoms with Crippen LogP contribution < -0.4 is 5.01 Å². The molecule has 0 unspecified atom stereocenters. The van der Waals surface area contributed by atoms with Gasteiger partial charge in [-0.25, -0.2) is 14.6 Å². The number of carboxylic acids is 1. The summed E-state index contributed by atoms with van der Waals surface area (Å²) in [5, 5.41) is 25.5. The van der Waals surface area contributed by atoms with E-state index in [1.54, 1.807) is 6.92 Å². The summed E-state index contributed by atoms with van der Waals surface area (Å²) in [5.41, 5.74) is -1.90. The van der Waals surface area contributed by atoms with Gasteiger partial charge in [0.15, 0.2) is 5.54 Å². The second-order valence-electron chi connectivity index (χ2n) is 5.23. The van der Waals surface area contributed by atoms with Gasteiger partial charge in [0.1, 0.15) is 10.7 Å². The number of hydrogen-bond donors (Lipinski definition) is 1. The smallest absolute Gasteiger partial charge is 0.354 e. The van der Waals surface area contributed by atoms with Crippen LogP contribution in [0.2, 0.25) is 5.02 Å². The average Bonchev–Trinajstić information content (AvgIpc) is 2.87. The zero-order valence-corrected chi connectivity index (χ0v) is 13.6. The SMILES string of the molecule is CCOC(=O)C1=NN(c2ccc(Cl)c([N+](=O)[O-])c2)[C@](C)(C(=O)O)C1. The molecule has 1 aromatic rings. The Morgan fingerprint density at radius 2 is 2.21 bits per heavy atom. The highest BCUT2D eigenvalue weighted by molar-refractivity contribution is 6.38. The number of esters is 1. The number of carbonyl (C=O) groups is 2. The Bertz CT molecular complexity index is 750. The van der Waals surface area contributed by atoms with E-state index in [9.17, 15) is 24.8 Å². The molecular formula is C14H14ClN3O6. The zero-order chi connectivity index (χ0) is 18.1. The maximum Gasteiger partial charge on any atom is 0.354 e. The normalized spacial score (nSPS) is 19.8. The highest BCUT2D eigenvalue weighted by atomic mass is 35.5. The van der Waals surface area contributed by atoms with E-state index in [0.717, 1.165) is 11.1 Å². The number of carboxylic acid groups (broad SMARTS) is 1. The molecule has 0 radical (unpaired) electrons. The number of benzene rings is 1. The molecule has 128 valence electrons. The molecule has 1 aromatic carbocycles. The number of nitro groups is 1. The molecule has 0 aromatic heterocycles. The molecule has 1 aliphatic heterocycles. The summed E-state index contributed by atoms with van der Waals surface area (Å²) in [6, 6.07) is 3.78. The third-order valence-corrected chi connectivity index (χ3v) is 3.86. The van der Waals surface area contributed by atoms with Crippen molar-refractivity contribution in [3.8, 4) is 0 Å². The predicted octanol–water partition coefficient (Wildman–Crippen LogP) is 2.22. The number of ether oxygens (including phenoxy) is 1. The Balaban J connectivity index is 2.51. The number of carbonyl (C=O) groups excluding carboxylic acids is 1. The molecule has 1 N–H and O–H groups in total. The Morgan fingerprint density at radius 1 is 1.54 bits per heavy atom. The third-order valence-electron chi connectivity index (χ3n) is 3.54. The summed E-state index contributed by atoms with van der Waals surface area (Å²) in [6.45, 7) is 3.10. The van der Waals surface area contributed by atoms with Crippen molar-refractivity contribution >= 4 is 40.6 Å². The molecule has 10 heteroatoms. The fourth-order valence-corrected chi connectivity index (χ4v) is 2.46. The number of anilines is 1. The van der Waals surface area contributed by atoms with Crippen molar-refractivity contribution in [3.63, 3.8) is 0 Å². The van der Waals surface area contributed by atoms with Crippen LogP contribution in [-0.4, -0.2) is 39.8 Å². The second kappa shape index (κ2) is 6.44. The molecule has 9 nitrogen and oxygen atoms in total. The monoisotopic (exact) mass is 355 g/mol. The standard InChI is InChI=1S/C14H14ClN3O6/c1-3-24-12(19)10-7-14(2,13(20)21)17(16-10)8-4-5-9(15)11(6-8)18(22)23/h4-6H,3,7H2,1-2H3,(H,20,21)/t14-/m0/s1. The van der Waals surface area contributed by atoms with Crippen LogP contribution in [0.25, 0.3) is 0 Å². The molecule has 1 heterocycles. The van der Waals surface area contributed by atoms with E-state index in [1.807, 2.05) is 0 Å². The number of hydrazone groups is 1. The zero-order valence-electron chi connectivity index (χ0n) is 12.9. The highest BCUT2D eigenvalue weighted by Crippen LogP contribution is 2.37. The van der Waals surface area contributed by atoms with Gasteiger partial charge < -0.3 is 9.84 Å². The van der Waals surface area contributed by atoms with Crippen LogP contribution in [0.5, 0.6) is 0 Å². The van der Waals surface area contributed by atoms with Gasteiger partial charge in [0, 0.05) is 12.5 Å². The lowest BCUT2D eigenvalue weighted by atomic mass is 9.95. The van der Waals surface area contributed by atoms with Crippen LogP contribution in [0, 0.1) is 10.1 Å². The molecular weight excluding hydrogens is 342 g/mol. The van der Waals surface area contributed by atoms with Crippen LogP contribution in [0.1, 0.15) is 20.3 Å². The van der Waals surface area contributed by atoms with E-state index >= 15 is 0 Å². The van der Waals surface area contributed by atoms with Gasteiger partial charge in [-0.3, -0.25) is 10.1 Å². The van der Waals surface area contributed by atoms with E-state index in [0.29, 0.717) is 0 Å². The first-order valence-corrected chi connectivity index (χ1v) is 7.30. The number of halogens is 1. The van der Waals surface area contributed by atoms with Crippen LogP contribution in [0.3, 0.4) is 0 Å². The third kappa shape index (κ3) is 3.02. The van der Waals surface area contributed by atoms with Crippen molar-refractivity contribution in [1.29, 1.82) is 0 Å². The largest absolute Gasteiger partial charge is 0.479 e. The molecule has 0 spiro atoms. The van der Waals surface area contributed by atoms with Gasteiger partial charge in [0.25, 0.3) is 5.69 Å².